The van der Waals surface area contributed by atoms with Crippen molar-refractivity contribution in [2.45, 2.75) is 13.5 Å². The predicted molar refractivity (Wildman–Crippen MR) is 77.7 cm³/mol. The lowest BCUT2D eigenvalue weighted by molar-refractivity contribution is 0.132. The average molecular weight is 304 g/mol. The Morgan fingerprint density at radius 2 is 2.00 bits per heavy atom. The summed E-state index contributed by atoms with van der Waals surface area (Å²) in [6, 6.07) is 16.1. The summed E-state index contributed by atoms with van der Waals surface area (Å²) in [7, 11) is 0. The van der Waals surface area contributed by atoms with Crippen molar-refractivity contribution in [3.05, 3.63) is 69.7 Å². The summed E-state index contributed by atoms with van der Waals surface area (Å²) in [5.74, 6) is 0. The molecule has 0 aromatic heterocycles. The fourth-order valence-electron chi connectivity index (χ4n) is 1.59. The summed E-state index contributed by atoms with van der Waals surface area (Å²) >= 11 is 3.46. The van der Waals surface area contributed by atoms with E-state index in [2.05, 4.69) is 40.1 Å². The molecule has 2 aromatic rings. The second kappa shape index (κ2) is 6.36. The summed E-state index contributed by atoms with van der Waals surface area (Å²) < 4.78 is 1.01. The zero-order valence-corrected chi connectivity index (χ0v) is 11.7. The SMILES string of the molecule is Cc1cccc(CON=Cc2ccccc2Br)c1. The van der Waals surface area contributed by atoms with Crippen LogP contribution in [0.1, 0.15) is 16.7 Å². The second-order valence-electron chi connectivity index (χ2n) is 4.02. The van der Waals surface area contributed by atoms with Crippen LogP contribution in [-0.2, 0) is 11.4 Å². The summed E-state index contributed by atoms with van der Waals surface area (Å²) in [5, 5.41) is 3.97. The lowest BCUT2D eigenvalue weighted by Crippen LogP contribution is -1.89. The van der Waals surface area contributed by atoms with Crippen molar-refractivity contribution >= 4 is 22.1 Å². The van der Waals surface area contributed by atoms with E-state index in [0.29, 0.717) is 6.61 Å². The molecule has 0 aliphatic heterocycles. The van der Waals surface area contributed by atoms with Gasteiger partial charge in [-0.25, -0.2) is 0 Å². The van der Waals surface area contributed by atoms with Gasteiger partial charge in [0.2, 0.25) is 0 Å². The van der Waals surface area contributed by atoms with E-state index in [1.807, 2.05) is 36.4 Å². The minimum absolute atomic E-state index is 0.489. The maximum absolute atomic E-state index is 5.28. The molecule has 0 amide bonds. The second-order valence-corrected chi connectivity index (χ2v) is 4.87. The van der Waals surface area contributed by atoms with Crippen LogP contribution < -0.4 is 0 Å². The van der Waals surface area contributed by atoms with E-state index in [0.717, 1.165) is 15.6 Å². The molecule has 0 saturated heterocycles. The number of hydrogen-bond donors (Lipinski definition) is 0. The van der Waals surface area contributed by atoms with E-state index < -0.39 is 0 Å². The zero-order valence-electron chi connectivity index (χ0n) is 10.1. The Morgan fingerprint density at radius 1 is 1.17 bits per heavy atom. The van der Waals surface area contributed by atoms with E-state index in [-0.39, 0.29) is 0 Å². The quantitative estimate of drug-likeness (QED) is 0.609. The summed E-state index contributed by atoms with van der Waals surface area (Å²) in [5.41, 5.74) is 3.35. The van der Waals surface area contributed by atoms with Gasteiger partial charge >= 0.3 is 0 Å². The van der Waals surface area contributed by atoms with Crippen molar-refractivity contribution in [1.82, 2.24) is 0 Å². The number of nitrogens with zero attached hydrogens (tertiary/aromatic N) is 1. The maximum Gasteiger partial charge on any atom is 0.142 e. The molecule has 92 valence electrons. The Hall–Kier alpha value is -1.61. The van der Waals surface area contributed by atoms with Crippen molar-refractivity contribution in [1.29, 1.82) is 0 Å². The van der Waals surface area contributed by atoms with Gasteiger partial charge in [0, 0.05) is 10.0 Å². The smallest absolute Gasteiger partial charge is 0.142 e. The first-order valence-corrected chi connectivity index (χ1v) is 6.50. The molecule has 2 aromatic carbocycles. The van der Waals surface area contributed by atoms with Gasteiger partial charge in [0.15, 0.2) is 0 Å². The lowest BCUT2D eigenvalue weighted by Gasteiger charge is -2.01. The Balaban J connectivity index is 1.91. The molecular weight excluding hydrogens is 290 g/mol. The molecule has 0 unspecified atom stereocenters. The highest BCUT2D eigenvalue weighted by atomic mass is 79.9. The van der Waals surface area contributed by atoms with Crippen LogP contribution in [0.4, 0.5) is 0 Å². The maximum atomic E-state index is 5.28. The number of aryl methyl sites for hydroxylation is 1. The molecule has 2 nitrogen and oxygen atoms in total. The summed E-state index contributed by atoms with van der Waals surface area (Å²) in [6.45, 7) is 2.55. The van der Waals surface area contributed by atoms with E-state index in [1.54, 1.807) is 6.21 Å². The van der Waals surface area contributed by atoms with Gasteiger partial charge in [0.1, 0.15) is 6.61 Å². The molecule has 3 heteroatoms. The Labute approximate surface area is 115 Å². The summed E-state index contributed by atoms with van der Waals surface area (Å²) in [6.07, 6.45) is 1.71. The Morgan fingerprint density at radius 3 is 2.78 bits per heavy atom. The van der Waals surface area contributed by atoms with Crippen LogP contribution in [0.5, 0.6) is 0 Å². The molecular formula is C15H14BrNO. The number of halogens is 1. The minimum atomic E-state index is 0.489. The molecule has 0 spiro atoms. The molecule has 0 radical (unpaired) electrons. The van der Waals surface area contributed by atoms with Gasteiger partial charge in [0.05, 0.1) is 6.21 Å². The third-order valence-electron chi connectivity index (χ3n) is 2.49. The highest BCUT2D eigenvalue weighted by molar-refractivity contribution is 9.10. The van der Waals surface area contributed by atoms with Crippen LogP contribution >= 0.6 is 15.9 Å². The van der Waals surface area contributed by atoms with Gasteiger partial charge in [0.25, 0.3) is 0 Å². The largest absolute Gasteiger partial charge is 0.391 e. The van der Waals surface area contributed by atoms with E-state index in [4.69, 9.17) is 4.84 Å². The van der Waals surface area contributed by atoms with Gasteiger partial charge in [-0.1, -0.05) is 69.1 Å². The monoisotopic (exact) mass is 303 g/mol. The van der Waals surface area contributed by atoms with Gasteiger partial charge in [-0.15, -0.1) is 0 Å². The van der Waals surface area contributed by atoms with Crippen molar-refractivity contribution < 1.29 is 4.84 Å². The van der Waals surface area contributed by atoms with Crippen LogP contribution in [-0.4, -0.2) is 6.21 Å². The molecule has 0 aliphatic carbocycles. The fraction of sp³-hybridized carbons (Fsp3) is 0.133. The van der Waals surface area contributed by atoms with Gasteiger partial charge in [-0.05, 0) is 18.6 Å². The fourth-order valence-corrected chi connectivity index (χ4v) is 1.97. The molecule has 0 heterocycles. The molecule has 2 rings (SSSR count). The lowest BCUT2D eigenvalue weighted by atomic mass is 10.1. The molecule has 0 N–H and O–H groups in total. The van der Waals surface area contributed by atoms with E-state index in [1.165, 1.54) is 5.56 Å². The normalized spacial score (nSPS) is 10.8. The van der Waals surface area contributed by atoms with E-state index in [9.17, 15) is 0 Å². The molecule has 18 heavy (non-hydrogen) atoms. The molecule has 0 saturated carbocycles. The highest BCUT2D eigenvalue weighted by Gasteiger charge is 1.95. The van der Waals surface area contributed by atoms with Crippen LogP contribution in [0, 0.1) is 6.92 Å². The van der Waals surface area contributed by atoms with Crippen LogP contribution in [0.3, 0.4) is 0 Å². The van der Waals surface area contributed by atoms with Gasteiger partial charge < -0.3 is 4.84 Å². The molecule has 0 aliphatic rings. The van der Waals surface area contributed by atoms with Gasteiger partial charge in [-0.3, -0.25) is 0 Å². The Kier molecular flexibility index (Phi) is 4.53. The first-order chi connectivity index (χ1) is 8.75. The van der Waals surface area contributed by atoms with Crippen molar-refractivity contribution in [3.8, 4) is 0 Å². The number of hydrogen-bond acceptors (Lipinski definition) is 2. The zero-order chi connectivity index (χ0) is 12.8. The standard InChI is InChI=1S/C15H14BrNO/c1-12-5-4-6-13(9-12)11-18-17-10-14-7-2-3-8-15(14)16/h2-10H,11H2,1H3. The number of rotatable bonds is 4. The topological polar surface area (TPSA) is 21.6 Å². The van der Waals surface area contributed by atoms with Crippen molar-refractivity contribution in [3.63, 3.8) is 0 Å². The number of benzene rings is 2. The Bertz CT molecular complexity index is 552. The third-order valence-corrected chi connectivity index (χ3v) is 3.21. The average Bonchev–Trinajstić information content (AvgIpc) is 2.37. The summed E-state index contributed by atoms with van der Waals surface area (Å²) in [4.78, 5) is 5.28. The molecule has 0 fully saturated rings. The van der Waals surface area contributed by atoms with Crippen molar-refractivity contribution in [2.24, 2.45) is 5.16 Å². The first kappa shape index (κ1) is 12.8. The van der Waals surface area contributed by atoms with Crippen molar-refractivity contribution in [2.75, 3.05) is 0 Å². The predicted octanol–water partition coefficient (Wildman–Crippen LogP) is 4.31. The minimum Gasteiger partial charge on any atom is -0.391 e. The van der Waals surface area contributed by atoms with Crippen LogP contribution in [0.15, 0.2) is 58.2 Å². The van der Waals surface area contributed by atoms with Gasteiger partial charge in [-0.2, -0.15) is 0 Å². The van der Waals surface area contributed by atoms with Crippen LogP contribution in [0.25, 0.3) is 0 Å². The third kappa shape index (κ3) is 3.70. The molecule has 0 bridgehead atoms. The van der Waals surface area contributed by atoms with Crippen LogP contribution in [0.2, 0.25) is 0 Å². The molecule has 0 atom stereocenters. The number of oxime groups is 1. The highest BCUT2D eigenvalue weighted by Crippen LogP contribution is 2.13. The van der Waals surface area contributed by atoms with E-state index >= 15 is 0 Å². The first-order valence-electron chi connectivity index (χ1n) is 5.71.